The molecule has 3 heteroatoms. The van der Waals surface area contributed by atoms with E-state index in [1.165, 1.54) is 25.7 Å². The Morgan fingerprint density at radius 2 is 2.40 bits per heavy atom. The van der Waals surface area contributed by atoms with Crippen LogP contribution in [0.1, 0.15) is 32.6 Å². The van der Waals surface area contributed by atoms with Crippen LogP contribution in [0.3, 0.4) is 0 Å². The van der Waals surface area contributed by atoms with Gasteiger partial charge in [-0.1, -0.05) is 6.92 Å². The van der Waals surface area contributed by atoms with Gasteiger partial charge in [0.15, 0.2) is 0 Å². The second-order valence-corrected chi connectivity index (χ2v) is 4.46. The molecule has 0 aliphatic heterocycles. The predicted octanol–water partition coefficient (Wildman–Crippen LogP) is 2.05. The van der Waals surface area contributed by atoms with Crippen LogP contribution in [0.4, 0.5) is 0 Å². The SMILES string of the molecule is CCC(NCCCn1ccnc1)C1CC1. The highest BCUT2D eigenvalue weighted by atomic mass is 15.0. The summed E-state index contributed by atoms with van der Waals surface area (Å²) in [6.45, 7) is 4.49. The molecule has 15 heavy (non-hydrogen) atoms. The summed E-state index contributed by atoms with van der Waals surface area (Å²) in [7, 11) is 0. The third-order valence-corrected chi connectivity index (χ3v) is 3.19. The zero-order valence-corrected chi connectivity index (χ0v) is 9.52. The first-order valence-corrected chi connectivity index (χ1v) is 6.09. The lowest BCUT2D eigenvalue weighted by molar-refractivity contribution is 0.437. The molecule has 0 bridgehead atoms. The van der Waals surface area contributed by atoms with E-state index in [0.717, 1.165) is 25.0 Å². The maximum absolute atomic E-state index is 4.03. The van der Waals surface area contributed by atoms with Crippen LogP contribution in [0.25, 0.3) is 0 Å². The van der Waals surface area contributed by atoms with Gasteiger partial charge in [0.25, 0.3) is 0 Å². The Labute approximate surface area is 91.9 Å². The van der Waals surface area contributed by atoms with Gasteiger partial charge in [0, 0.05) is 25.0 Å². The van der Waals surface area contributed by atoms with Crippen molar-refractivity contribution in [3.8, 4) is 0 Å². The predicted molar refractivity (Wildman–Crippen MR) is 61.6 cm³/mol. The van der Waals surface area contributed by atoms with Crippen LogP contribution in [0, 0.1) is 5.92 Å². The Hall–Kier alpha value is -0.830. The normalized spacial score (nSPS) is 17.9. The molecule has 1 unspecified atom stereocenters. The van der Waals surface area contributed by atoms with Crippen molar-refractivity contribution in [1.82, 2.24) is 14.9 Å². The first kappa shape index (κ1) is 10.7. The van der Waals surface area contributed by atoms with Crippen molar-refractivity contribution in [2.75, 3.05) is 6.54 Å². The molecule has 0 spiro atoms. The number of imidazole rings is 1. The molecular weight excluding hydrogens is 186 g/mol. The summed E-state index contributed by atoms with van der Waals surface area (Å²) >= 11 is 0. The van der Waals surface area contributed by atoms with Crippen molar-refractivity contribution in [1.29, 1.82) is 0 Å². The molecule has 0 radical (unpaired) electrons. The molecule has 0 saturated heterocycles. The van der Waals surface area contributed by atoms with E-state index in [1.807, 2.05) is 18.7 Å². The van der Waals surface area contributed by atoms with E-state index in [1.54, 1.807) is 0 Å². The number of aryl methyl sites for hydroxylation is 1. The molecule has 3 nitrogen and oxygen atoms in total. The average Bonchev–Trinajstić information content (AvgIpc) is 2.95. The van der Waals surface area contributed by atoms with E-state index in [9.17, 15) is 0 Å². The fourth-order valence-corrected chi connectivity index (χ4v) is 2.11. The Kier molecular flexibility index (Phi) is 3.78. The van der Waals surface area contributed by atoms with Crippen LogP contribution in [0.15, 0.2) is 18.7 Å². The van der Waals surface area contributed by atoms with Gasteiger partial charge in [-0.2, -0.15) is 0 Å². The lowest BCUT2D eigenvalue weighted by Crippen LogP contribution is -2.31. The standard InChI is InChI=1S/C12H21N3/c1-2-12(11-4-5-11)14-6-3-8-15-9-7-13-10-15/h7,9-12,14H,2-6,8H2,1H3. The van der Waals surface area contributed by atoms with Crippen LogP contribution in [-0.4, -0.2) is 22.1 Å². The van der Waals surface area contributed by atoms with Crippen LogP contribution in [-0.2, 0) is 6.54 Å². The number of nitrogens with one attached hydrogen (secondary N) is 1. The molecule has 1 atom stereocenters. The number of aromatic nitrogens is 2. The second kappa shape index (κ2) is 5.31. The van der Waals surface area contributed by atoms with Gasteiger partial charge < -0.3 is 9.88 Å². The molecule has 0 aromatic carbocycles. The van der Waals surface area contributed by atoms with Gasteiger partial charge in [-0.05, 0) is 38.1 Å². The van der Waals surface area contributed by atoms with Gasteiger partial charge >= 0.3 is 0 Å². The zero-order chi connectivity index (χ0) is 10.5. The zero-order valence-electron chi connectivity index (χ0n) is 9.52. The Morgan fingerprint density at radius 3 is 3.00 bits per heavy atom. The summed E-state index contributed by atoms with van der Waals surface area (Å²) in [4.78, 5) is 4.03. The largest absolute Gasteiger partial charge is 0.337 e. The molecule has 1 saturated carbocycles. The molecule has 0 amide bonds. The molecule has 1 aliphatic carbocycles. The minimum Gasteiger partial charge on any atom is -0.337 e. The van der Waals surface area contributed by atoms with Crippen molar-refractivity contribution >= 4 is 0 Å². The molecule has 1 N–H and O–H groups in total. The third kappa shape index (κ3) is 3.34. The molecule has 2 rings (SSSR count). The summed E-state index contributed by atoms with van der Waals surface area (Å²) in [5.41, 5.74) is 0. The van der Waals surface area contributed by atoms with Crippen molar-refractivity contribution in [3.63, 3.8) is 0 Å². The molecule has 1 aromatic heterocycles. The van der Waals surface area contributed by atoms with Crippen molar-refractivity contribution < 1.29 is 0 Å². The van der Waals surface area contributed by atoms with Crippen LogP contribution >= 0.6 is 0 Å². The van der Waals surface area contributed by atoms with Crippen LogP contribution in [0.5, 0.6) is 0 Å². The van der Waals surface area contributed by atoms with Gasteiger partial charge in [-0.15, -0.1) is 0 Å². The van der Waals surface area contributed by atoms with Crippen molar-refractivity contribution in [2.24, 2.45) is 5.92 Å². The number of hydrogen-bond donors (Lipinski definition) is 1. The van der Waals surface area contributed by atoms with Crippen LogP contribution in [0.2, 0.25) is 0 Å². The summed E-state index contributed by atoms with van der Waals surface area (Å²) in [5.74, 6) is 0.975. The Balaban J connectivity index is 1.58. The van der Waals surface area contributed by atoms with E-state index < -0.39 is 0 Å². The van der Waals surface area contributed by atoms with Crippen LogP contribution < -0.4 is 5.32 Å². The van der Waals surface area contributed by atoms with Gasteiger partial charge in [-0.25, -0.2) is 4.98 Å². The number of hydrogen-bond acceptors (Lipinski definition) is 2. The van der Waals surface area contributed by atoms with Gasteiger partial charge in [0.1, 0.15) is 0 Å². The van der Waals surface area contributed by atoms with Gasteiger partial charge in [-0.3, -0.25) is 0 Å². The summed E-state index contributed by atoms with van der Waals surface area (Å²) in [5, 5.41) is 3.66. The lowest BCUT2D eigenvalue weighted by atomic mass is 10.1. The topological polar surface area (TPSA) is 29.9 Å². The first-order valence-electron chi connectivity index (χ1n) is 6.09. The molecule has 1 aliphatic rings. The third-order valence-electron chi connectivity index (χ3n) is 3.19. The van der Waals surface area contributed by atoms with E-state index >= 15 is 0 Å². The molecule has 84 valence electrons. The lowest BCUT2D eigenvalue weighted by Gasteiger charge is -2.15. The van der Waals surface area contributed by atoms with E-state index in [2.05, 4.69) is 21.8 Å². The number of nitrogens with zero attached hydrogens (tertiary/aromatic N) is 2. The summed E-state index contributed by atoms with van der Waals surface area (Å²) < 4.78 is 2.14. The van der Waals surface area contributed by atoms with E-state index in [4.69, 9.17) is 0 Å². The van der Waals surface area contributed by atoms with Crippen molar-refractivity contribution in [3.05, 3.63) is 18.7 Å². The maximum Gasteiger partial charge on any atom is 0.0945 e. The molecular formula is C12H21N3. The second-order valence-electron chi connectivity index (χ2n) is 4.46. The average molecular weight is 207 g/mol. The van der Waals surface area contributed by atoms with E-state index in [-0.39, 0.29) is 0 Å². The Bertz CT molecular complexity index is 264. The Morgan fingerprint density at radius 1 is 1.53 bits per heavy atom. The highest BCUT2D eigenvalue weighted by Crippen LogP contribution is 2.33. The molecule has 1 heterocycles. The fourth-order valence-electron chi connectivity index (χ4n) is 2.11. The minimum absolute atomic E-state index is 0.771. The fraction of sp³-hybridized carbons (Fsp3) is 0.750. The summed E-state index contributed by atoms with van der Waals surface area (Å²) in [6.07, 6.45) is 11.1. The maximum atomic E-state index is 4.03. The van der Waals surface area contributed by atoms with Crippen molar-refractivity contribution in [2.45, 2.75) is 45.2 Å². The highest BCUT2D eigenvalue weighted by Gasteiger charge is 2.29. The first-order chi connectivity index (χ1) is 7.40. The quantitative estimate of drug-likeness (QED) is 0.693. The molecule has 1 fully saturated rings. The highest BCUT2D eigenvalue weighted by molar-refractivity contribution is 4.85. The van der Waals surface area contributed by atoms with Gasteiger partial charge in [0.2, 0.25) is 0 Å². The van der Waals surface area contributed by atoms with E-state index in [0.29, 0.717) is 0 Å². The number of rotatable bonds is 7. The molecule has 1 aromatic rings. The smallest absolute Gasteiger partial charge is 0.0945 e. The summed E-state index contributed by atoms with van der Waals surface area (Å²) in [6, 6.07) is 0.771. The van der Waals surface area contributed by atoms with Gasteiger partial charge in [0.05, 0.1) is 6.33 Å². The minimum atomic E-state index is 0.771. The monoisotopic (exact) mass is 207 g/mol.